The molecule has 0 spiro atoms. The van der Waals surface area contributed by atoms with Gasteiger partial charge in [-0.2, -0.15) is 0 Å². The lowest BCUT2D eigenvalue weighted by Gasteiger charge is -2.10. The van der Waals surface area contributed by atoms with Crippen molar-refractivity contribution in [3.05, 3.63) is 29.8 Å². The van der Waals surface area contributed by atoms with E-state index in [-0.39, 0.29) is 5.92 Å². The molecule has 0 heterocycles. The van der Waals surface area contributed by atoms with Gasteiger partial charge in [-0.15, -0.1) is 0 Å². The monoisotopic (exact) mass is 327 g/mol. The Bertz CT molecular complexity index is 526. The summed E-state index contributed by atoms with van der Waals surface area (Å²) in [6.45, 7) is 7.76. The second-order valence-corrected chi connectivity index (χ2v) is 7.77. The first-order chi connectivity index (χ1) is 10.5. The summed E-state index contributed by atoms with van der Waals surface area (Å²) in [7, 11) is -3.43. The normalized spacial score (nSPS) is 12.0. The van der Waals surface area contributed by atoms with Crippen LogP contribution in [0.15, 0.2) is 29.2 Å². The van der Waals surface area contributed by atoms with E-state index in [9.17, 15) is 8.42 Å². The van der Waals surface area contributed by atoms with Crippen molar-refractivity contribution < 1.29 is 13.2 Å². The summed E-state index contributed by atoms with van der Waals surface area (Å²) in [6.07, 6.45) is 4.69. The molecule has 22 heavy (non-hydrogen) atoms. The molecule has 126 valence electrons. The molecule has 0 radical (unpaired) electrons. The molecule has 0 aliphatic carbocycles. The number of hydrogen-bond donors (Lipinski definition) is 1. The molecule has 0 amide bonds. The van der Waals surface area contributed by atoms with Crippen molar-refractivity contribution in [3.63, 3.8) is 0 Å². The van der Waals surface area contributed by atoms with Crippen LogP contribution in [0.3, 0.4) is 0 Å². The molecular formula is C17H29NO3S. The first-order valence-corrected chi connectivity index (χ1v) is 9.60. The van der Waals surface area contributed by atoms with E-state index in [1.165, 1.54) is 19.3 Å². The molecule has 0 aliphatic heterocycles. The van der Waals surface area contributed by atoms with Crippen LogP contribution in [-0.4, -0.2) is 21.6 Å². The van der Waals surface area contributed by atoms with Gasteiger partial charge in [-0.05, 0) is 30.0 Å². The Morgan fingerprint density at radius 3 is 2.64 bits per heavy atom. The molecule has 1 N–H and O–H groups in total. The molecule has 0 saturated heterocycles. The first kappa shape index (κ1) is 19.1. The standard InChI is InChI=1S/C17H29NO3S/c1-4-5-6-7-11-21-14-16-9-8-10-17(12-16)22(19,20)18-13-15(2)3/h8-10,12,15,18H,4-7,11,13-14H2,1-3H3. The Balaban J connectivity index is 2.51. The maximum Gasteiger partial charge on any atom is 0.240 e. The average Bonchev–Trinajstić information content (AvgIpc) is 2.49. The Labute approximate surface area is 135 Å². The van der Waals surface area contributed by atoms with E-state index < -0.39 is 10.0 Å². The van der Waals surface area contributed by atoms with Gasteiger partial charge in [0.25, 0.3) is 0 Å². The van der Waals surface area contributed by atoms with E-state index >= 15 is 0 Å². The van der Waals surface area contributed by atoms with Crippen molar-refractivity contribution >= 4 is 10.0 Å². The first-order valence-electron chi connectivity index (χ1n) is 8.12. The molecule has 0 saturated carbocycles. The van der Waals surface area contributed by atoms with Crippen LogP contribution in [0.4, 0.5) is 0 Å². The van der Waals surface area contributed by atoms with Crippen LogP contribution in [0.2, 0.25) is 0 Å². The predicted octanol–water partition coefficient (Wildman–Crippen LogP) is 3.72. The molecule has 0 bridgehead atoms. The topological polar surface area (TPSA) is 55.4 Å². The van der Waals surface area contributed by atoms with Crippen molar-refractivity contribution in [2.24, 2.45) is 5.92 Å². The molecule has 0 atom stereocenters. The van der Waals surface area contributed by atoms with Gasteiger partial charge in [-0.1, -0.05) is 52.2 Å². The molecule has 0 aromatic heterocycles. The average molecular weight is 327 g/mol. The number of benzene rings is 1. The lowest BCUT2D eigenvalue weighted by molar-refractivity contribution is 0.116. The highest BCUT2D eigenvalue weighted by Gasteiger charge is 2.14. The summed E-state index contributed by atoms with van der Waals surface area (Å²) in [5.41, 5.74) is 0.892. The number of unbranched alkanes of at least 4 members (excludes halogenated alkanes) is 3. The Hall–Kier alpha value is -0.910. The van der Waals surface area contributed by atoms with E-state index in [1.54, 1.807) is 18.2 Å². The number of ether oxygens (including phenoxy) is 1. The lowest BCUT2D eigenvalue weighted by atomic mass is 10.2. The number of nitrogens with one attached hydrogen (secondary N) is 1. The molecule has 0 aliphatic rings. The number of rotatable bonds is 11. The van der Waals surface area contributed by atoms with Gasteiger partial charge in [-0.25, -0.2) is 13.1 Å². The van der Waals surface area contributed by atoms with Gasteiger partial charge in [0.2, 0.25) is 10.0 Å². The van der Waals surface area contributed by atoms with E-state index in [4.69, 9.17) is 4.74 Å². The maximum absolute atomic E-state index is 12.2. The van der Waals surface area contributed by atoms with E-state index in [2.05, 4.69) is 11.6 Å². The third-order valence-electron chi connectivity index (χ3n) is 3.30. The van der Waals surface area contributed by atoms with E-state index in [0.29, 0.717) is 18.0 Å². The minimum atomic E-state index is -3.43. The van der Waals surface area contributed by atoms with Crippen LogP contribution in [0, 0.1) is 5.92 Å². The summed E-state index contributed by atoms with van der Waals surface area (Å²) < 4.78 is 32.6. The summed E-state index contributed by atoms with van der Waals surface area (Å²) in [5.74, 6) is 0.282. The van der Waals surface area contributed by atoms with Crippen molar-refractivity contribution in [1.82, 2.24) is 4.72 Å². The fourth-order valence-electron chi connectivity index (χ4n) is 1.98. The summed E-state index contributed by atoms with van der Waals surface area (Å²) >= 11 is 0. The van der Waals surface area contributed by atoms with Gasteiger partial charge >= 0.3 is 0 Å². The van der Waals surface area contributed by atoms with Crippen LogP contribution in [0.5, 0.6) is 0 Å². The van der Waals surface area contributed by atoms with Crippen molar-refractivity contribution in [2.45, 2.75) is 58.0 Å². The SMILES string of the molecule is CCCCCCOCc1cccc(S(=O)(=O)NCC(C)C)c1. The summed E-state index contributed by atoms with van der Waals surface area (Å²) in [4.78, 5) is 0.306. The summed E-state index contributed by atoms with van der Waals surface area (Å²) in [6, 6.07) is 6.97. The van der Waals surface area contributed by atoms with Crippen LogP contribution in [-0.2, 0) is 21.4 Å². The van der Waals surface area contributed by atoms with Gasteiger partial charge in [0.05, 0.1) is 11.5 Å². The molecule has 0 unspecified atom stereocenters. The van der Waals surface area contributed by atoms with Crippen LogP contribution < -0.4 is 4.72 Å². The van der Waals surface area contributed by atoms with Crippen molar-refractivity contribution in [2.75, 3.05) is 13.2 Å². The van der Waals surface area contributed by atoms with Gasteiger partial charge in [0, 0.05) is 13.2 Å². The second-order valence-electron chi connectivity index (χ2n) is 6.01. The van der Waals surface area contributed by atoms with Gasteiger partial charge < -0.3 is 4.74 Å². The van der Waals surface area contributed by atoms with Crippen molar-refractivity contribution in [1.29, 1.82) is 0 Å². The smallest absolute Gasteiger partial charge is 0.240 e. The minimum absolute atomic E-state index is 0.282. The van der Waals surface area contributed by atoms with Crippen LogP contribution in [0.1, 0.15) is 52.0 Å². The largest absolute Gasteiger partial charge is 0.377 e. The fraction of sp³-hybridized carbons (Fsp3) is 0.647. The molecule has 1 aromatic rings. The molecule has 1 aromatic carbocycles. The third kappa shape index (κ3) is 7.38. The van der Waals surface area contributed by atoms with E-state index in [1.807, 2.05) is 19.9 Å². The highest BCUT2D eigenvalue weighted by molar-refractivity contribution is 7.89. The van der Waals surface area contributed by atoms with E-state index in [0.717, 1.165) is 18.6 Å². The Morgan fingerprint density at radius 1 is 1.18 bits per heavy atom. The molecule has 0 fully saturated rings. The van der Waals surface area contributed by atoms with Gasteiger partial charge in [0.1, 0.15) is 0 Å². The van der Waals surface area contributed by atoms with Gasteiger partial charge in [0.15, 0.2) is 0 Å². The lowest BCUT2D eigenvalue weighted by Crippen LogP contribution is -2.27. The zero-order valence-electron chi connectivity index (χ0n) is 14.0. The highest BCUT2D eigenvalue weighted by Crippen LogP contribution is 2.13. The molecule has 5 heteroatoms. The zero-order chi connectivity index (χ0) is 16.4. The maximum atomic E-state index is 12.2. The number of sulfonamides is 1. The minimum Gasteiger partial charge on any atom is -0.377 e. The second kappa shape index (κ2) is 9.98. The third-order valence-corrected chi connectivity index (χ3v) is 4.72. The molecule has 1 rings (SSSR count). The Kier molecular flexibility index (Phi) is 8.68. The quantitative estimate of drug-likeness (QED) is 0.630. The Morgan fingerprint density at radius 2 is 1.95 bits per heavy atom. The summed E-state index contributed by atoms with van der Waals surface area (Å²) in [5, 5.41) is 0. The molecule has 4 nitrogen and oxygen atoms in total. The fourth-order valence-corrected chi connectivity index (χ4v) is 3.27. The zero-order valence-corrected chi connectivity index (χ0v) is 14.8. The van der Waals surface area contributed by atoms with Crippen LogP contribution >= 0.6 is 0 Å². The number of hydrogen-bond acceptors (Lipinski definition) is 3. The van der Waals surface area contributed by atoms with Crippen LogP contribution in [0.25, 0.3) is 0 Å². The predicted molar refractivity (Wildman–Crippen MR) is 90.3 cm³/mol. The molecular weight excluding hydrogens is 298 g/mol. The van der Waals surface area contributed by atoms with Crippen molar-refractivity contribution in [3.8, 4) is 0 Å². The van der Waals surface area contributed by atoms with Gasteiger partial charge in [-0.3, -0.25) is 0 Å². The highest BCUT2D eigenvalue weighted by atomic mass is 32.2.